The van der Waals surface area contributed by atoms with Gasteiger partial charge in [-0.05, 0) is 35.5 Å². The molecule has 30 heavy (non-hydrogen) atoms. The number of allylic oxidation sites excluding steroid dienone is 8. The minimum absolute atomic E-state index is 0.155. The smallest absolute Gasteiger partial charge is 0.399 e. The van der Waals surface area contributed by atoms with Crippen LogP contribution in [0.4, 0.5) is 52.7 Å². The van der Waals surface area contributed by atoms with Crippen molar-refractivity contribution >= 4 is 0 Å². The Labute approximate surface area is 159 Å². The van der Waals surface area contributed by atoms with Gasteiger partial charge in [0.25, 0.3) is 0 Å². The van der Waals surface area contributed by atoms with Crippen LogP contribution in [0.3, 0.4) is 0 Å². The van der Waals surface area contributed by atoms with Gasteiger partial charge in [-0.25, -0.2) is 0 Å². The summed E-state index contributed by atoms with van der Waals surface area (Å²) < 4.78 is 164. The predicted octanol–water partition coefficient (Wildman–Crippen LogP) is 5.33. The maximum Gasteiger partial charge on any atom is 0.410 e. The first-order chi connectivity index (χ1) is 13.2. The number of alkyl halides is 12. The van der Waals surface area contributed by atoms with Crippen LogP contribution >= 0.6 is 0 Å². The van der Waals surface area contributed by atoms with Crippen LogP contribution in [-0.4, -0.2) is 24.7 Å². The number of halogens is 12. The third-order valence-corrected chi connectivity index (χ3v) is 4.58. The molecule has 0 aromatic rings. The van der Waals surface area contributed by atoms with Gasteiger partial charge in [0.15, 0.2) is 0 Å². The van der Waals surface area contributed by atoms with E-state index in [0.717, 1.165) is 0 Å². The van der Waals surface area contributed by atoms with Crippen molar-refractivity contribution in [3.8, 4) is 0 Å². The maximum absolute atomic E-state index is 13.7. The fraction of sp³-hybridized carbons (Fsp3) is 0.375. The standard InChI is InChI=1S/C16H10F12N2/c17-13(18,19)11(14(20,21)22)5-7(29)1-3-9(11)10-4-2-8(30)6-12(10,15(23,24)25)16(26,27)28/h1-6H,29-30H2/b10-9+. The summed E-state index contributed by atoms with van der Waals surface area (Å²) >= 11 is 0. The number of hydrogen-bond donors (Lipinski definition) is 2. The lowest BCUT2D eigenvalue weighted by atomic mass is 9.65. The van der Waals surface area contributed by atoms with E-state index in [1.807, 2.05) is 0 Å². The lowest BCUT2D eigenvalue weighted by Gasteiger charge is -2.44. The first-order valence-electron chi connectivity index (χ1n) is 7.57. The minimum atomic E-state index is -6.40. The summed E-state index contributed by atoms with van der Waals surface area (Å²) in [5, 5.41) is 0. The zero-order valence-electron chi connectivity index (χ0n) is 14.2. The molecule has 0 fully saturated rings. The Morgan fingerprint density at radius 3 is 0.900 bits per heavy atom. The minimum Gasteiger partial charge on any atom is -0.399 e. The summed E-state index contributed by atoms with van der Waals surface area (Å²) in [6, 6.07) is 0. The number of rotatable bonds is 0. The molecule has 2 aliphatic rings. The fourth-order valence-electron chi connectivity index (χ4n) is 3.24. The summed E-state index contributed by atoms with van der Waals surface area (Å²) in [6.07, 6.45) is -26.5. The second kappa shape index (κ2) is 6.48. The average molecular weight is 458 g/mol. The highest BCUT2D eigenvalue weighted by molar-refractivity contribution is 5.57. The van der Waals surface area contributed by atoms with Crippen LogP contribution in [0.1, 0.15) is 0 Å². The van der Waals surface area contributed by atoms with E-state index in [2.05, 4.69) is 0 Å². The molecule has 2 aliphatic carbocycles. The van der Waals surface area contributed by atoms with Gasteiger partial charge >= 0.3 is 24.7 Å². The molecule has 2 rings (SSSR count). The molecule has 0 spiro atoms. The van der Waals surface area contributed by atoms with E-state index in [1.54, 1.807) is 0 Å². The molecule has 0 saturated heterocycles. The highest BCUT2D eigenvalue weighted by atomic mass is 19.4. The molecular weight excluding hydrogens is 448 g/mol. The first-order valence-corrected chi connectivity index (χ1v) is 7.57. The van der Waals surface area contributed by atoms with E-state index in [1.165, 1.54) is 0 Å². The molecule has 0 atom stereocenters. The summed E-state index contributed by atoms with van der Waals surface area (Å²) in [4.78, 5) is 0. The molecule has 168 valence electrons. The second-order valence-corrected chi connectivity index (χ2v) is 6.39. The predicted molar refractivity (Wildman–Crippen MR) is 78.9 cm³/mol. The van der Waals surface area contributed by atoms with Crippen molar-refractivity contribution in [2.24, 2.45) is 22.3 Å². The van der Waals surface area contributed by atoms with Gasteiger partial charge in [0.05, 0.1) is 0 Å². The van der Waals surface area contributed by atoms with E-state index < -0.39 is 70.2 Å². The molecule has 0 bridgehead atoms. The van der Waals surface area contributed by atoms with Crippen LogP contribution in [0.25, 0.3) is 0 Å². The van der Waals surface area contributed by atoms with Gasteiger partial charge in [-0.2, -0.15) is 52.7 Å². The Hall–Kier alpha value is -2.54. The van der Waals surface area contributed by atoms with Gasteiger partial charge in [0.2, 0.25) is 10.8 Å². The topological polar surface area (TPSA) is 52.0 Å². The lowest BCUT2D eigenvalue weighted by molar-refractivity contribution is -0.315. The maximum atomic E-state index is 13.7. The summed E-state index contributed by atoms with van der Waals surface area (Å²) in [5.74, 6) is 0. The Morgan fingerprint density at radius 2 is 0.700 bits per heavy atom. The molecule has 0 aliphatic heterocycles. The SMILES string of the molecule is NC1=CC(C(F)(F)F)(C(F)(F)F)/C(=C2\C=CC(N)=CC2(C(F)(F)F)C(F)(F)F)C=C1. The third kappa shape index (κ3) is 3.16. The monoisotopic (exact) mass is 458 g/mol. The quantitative estimate of drug-likeness (QED) is 0.483. The van der Waals surface area contributed by atoms with Crippen molar-refractivity contribution in [2.45, 2.75) is 24.7 Å². The van der Waals surface area contributed by atoms with Crippen LogP contribution in [0.5, 0.6) is 0 Å². The Bertz CT molecular complexity index is 772. The van der Waals surface area contributed by atoms with E-state index in [0.29, 0.717) is 12.2 Å². The summed E-state index contributed by atoms with van der Waals surface area (Å²) in [7, 11) is 0. The van der Waals surface area contributed by atoms with Gasteiger partial charge < -0.3 is 11.5 Å². The van der Waals surface area contributed by atoms with Crippen LogP contribution < -0.4 is 11.5 Å². The lowest BCUT2D eigenvalue weighted by Crippen LogP contribution is -2.55. The zero-order valence-corrected chi connectivity index (χ0v) is 14.2. The molecule has 0 aromatic heterocycles. The molecular formula is C16H10F12N2. The van der Waals surface area contributed by atoms with Gasteiger partial charge in [-0.15, -0.1) is 0 Å². The van der Waals surface area contributed by atoms with Crippen LogP contribution in [0.15, 0.2) is 59.0 Å². The number of nitrogens with two attached hydrogens (primary N) is 2. The van der Waals surface area contributed by atoms with Gasteiger partial charge in [0, 0.05) is 11.4 Å². The van der Waals surface area contributed by atoms with E-state index in [-0.39, 0.29) is 12.2 Å². The van der Waals surface area contributed by atoms with E-state index in [4.69, 9.17) is 11.5 Å². The number of hydrogen-bond acceptors (Lipinski definition) is 2. The zero-order chi connectivity index (χ0) is 23.6. The Balaban J connectivity index is 3.16. The van der Waals surface area contributed by atoms with E-state index in [9.17, 15) is 52.7 Å². The molecule has 0 heterocycles. The fourth-order valence-corrected chi connectivity index (χ4v) is 3.24. The second-order valence-electron chi connectivity index (χ2n) is 6.39. The van der Waals surface area contributed by atoms with Crippen molar-refractivity contribution in [3.63, 3.8) is 0 Å². The molecule has 14 heteroatoms. The van der Waals surface area contributed by atoms with Crippen molar-refractivity contribution in [2.75, 3.05) is 0 Å². The van der Waals surface area contributed by atoms with Gasteiger partial charge in [0.1, 0.15) is 0 Å². The highest BCUT2D eigenvalue weighted by Crippen LogP contribution is 2.64. The van der Waals surface area contributed by atoms with Crippen molar-refractivity contribution in [1.82, 2.24) is 0 Å². The van der Waals surface area contributed by atoms with E-state index >= 15 is 0 Å². The Kier molecular flexibility index (Phi) is 5.12. The van der Waals surface area contributed by atoms with Crippen molar-refractivity contribution in [1.29, 1.82) is 0 Å². The van der Waals surface area contributed by atoms with Crippen molar-refractivity contribution < 1.29 is 52.7 Å². The van der Waals surface area contributed by atoms with Crippen LogP contribution in [-0.2, 0) is 0 Å². The molecule has 0 aromatic carbocycles. The van der Waals surface area contributed by atoms with Gasteiger partial charge in [-0.1, -0.05) is 12.2 Å². The molecule has 2 nitrogen and oxygen atoms in total. The van der Waals surface area contributed by atoms with Crippen LogP contribution in [0, 0.1) is 10.8 Å². The first kappa shape index (κ1) is 23.7. The highest BCUT2D eigenvalue weighted by Gasteiger charge is 2.76. The summed E-state index contributed by atoms with van der Waals surface area (Å²) in [6.45, 7) is 0. The van der Waals surface area contributed by atoms with Crippen molar-refractivity contribution in [3.05, 3.63) is 59.0 Å². The molecule has 0 radical (unpaired) electrons. The molecule has 0 unspecified atom stereocenters. The van der Waals surface area contributed by atoms with Crippen LogP contribution in [0.2, 0.25) is 0 Å². The van der Waals surface area contributed by atoms with Gasteiger partial charge in [-0.3, -0.25) is 0 Å². The average Bonchev–Trinajstić information content (AvgIpc) is 2.50. The molecule has 0 amide bonds. The normalized spacial score (nSPS) is 24.5. The Morgan fingerprint density at radius 1 is 0.467 bits per heavy atom. The molecule has 4 N–H and O–H groups in total. The third-order valence-electron chi connectivity index (χ3n) is 4.58. The molecule has 0 saturated carbocycles. The summed E-state index contributed by atoms with van der Waals surface area (Å²) in [5.41, 5.74) is -7.42. The largest absolute Gasteiger partial charge is 0.410 e.